The van der Waals surface area contributed by atoms with Crippen LogP contribution in [0, 0.1) is 5.82 Å². The molecule has 0 radical (unpaired) electrons. The Morgan fingerprint density at radius 3 is 2.13 bits per heavy atom. The van der Waals surface area contributed by atoms with Gasteiger partial charge in [-0.05, 0) is 61.4 Å². The Hall–Kier alpha value is -2.69. The number of amides is 1. The fourth-order valence-corrected chi connectivity index (χ4v) is 2.12. The largest absolute Gasteiger partial charge is 0.484 e. The maximum Gasteiger partial charge on any atom is 0.258 e. The van der Waals surface area contributed by atoms with E-state index >= 15 is 0 Å². The van der Waals surface area contributed by atoms with Crippen molar-refractivity contribution in [3.63, 3.8) is 0 Å². The van der Waals surface area contributed by atoms with Gasteiger partial charge in [-0.25, -0.2) is 4.39 Å². The quantitative estimate of drug-likeness (QED) is 0.834. The normalized spacial score (nSPS) is 13.4. The minimum atomic E-state index is -0.380. The summed E-state index contributed by atoms with van der Waals surface area (Å²) in [5.41, 5.74) is 0.898. The average molecular weight is 313 g/mol. The molecule has 0 spiro atoms. The fraction of sp³-hybridized carbons (Fsp3) is 0.222. The molecule has 23 heavy (non-hydrogen) atoms. The molecule has 2 aromatic rings. The van der Waals surface area contributed by atoms with Gasteiger partial charge in [0.1, 0.15) is 11.6 Å². The van der Waals surface area contributed by atoms with Crippen LogP contribution in [0.5, 0.6) is 5.75 Å². The minimum Gasteiger partial charge on any atom is -0.484 e. The predicted molar refractivity (Wildman–Crippen MR) is 82.9 cm³/mol. The van der Waals surface area contributed by atoms with Gasteiger partial charge in [-0.1, -0.05) is 0 Å². The summed E-state index contributed by atoms with van der Waals surface area (Å²) in [4.78, 5) is 23.8. The molecule has 5 heteroatoms. The molecule has 0 atom stereocenters. The maximum absolute atomic E-state index is 12.9. The van der Waals surface area contributed by atoms with Crippen molar-refractivity contribution in [2.75, 3.05) is 6.61 Å². The SMILES string of the molecule is O=C(COc1ccc(C(=O)c2ccc(F)cc2)cc1)NC1CC1. The second-order valence-corrected chi connectivity index (χ2v) is 5.49. The van der Waals surface area contributed by atoms with Gasteiger partial charge in [-0.3, -0.25) is 9.59 Å². The van der Waals surface area contributed by atoms with Crippen molar-refractivity contribution in [2.45, 2.75) is 18.9 Å². The van der Waals surface area contributed by atoms with Crippen molar-refractivity contribution in [1.29, 1.82) is 0 Å². The summed E-state index contributed by atoms with van der Waals surface area (Å²) in [6.07, 6.45) is 2.07. The van der Waals surface area contributed by atoms with Gasteiger partial charge in [-0.2, -0.15) is 0 Å². The van der Waals surface area contributed by atoms with E-state index in [4.69, 9.17) is 4.74 Å². The zero-order valence-electron chi connectivity index (χ0n) is 12.4. The van der Waals surface area contributed by atoms with Crippen LogP contribution >= 0.6 is 0 Å². The highest BCUT2D eigenvalue weighted by atomic mass is 19.1. The number of hydrogen-bond acceptors (Lipinski definition) is 3. The van der Waals surface area contributed by atoms with E-state index in [1.54, 1.807) is 24.3 Å². The number of rotatable bonds is 6. The standard InChI is InChI=1S/C18H16FNO3/c19-14-5-1-12(2-6-14)18(22)13-3-9-16(10-4-13)23-11-17(21)20-15-7-8-15/h1-6,9-10,15H,7-8,11H2,(H,20,21). The molecule has 0 aliphatic heterocycles. The molecule has 1 amide bonds. The minimum absolute atomic E-state index is 0.0399. The lowest BCUT2D eigenvalue weighted by molar-refractivity contribution is -0.123. The van der Waals surface area contributed by atoms with Gasteiger partial charge in [0.05, 0.1) is 0 Å². The van der Waals surface area contributed by atoms with E-state index in [2.05, 4.69) is 5.32 Å². The number of benzene rings is 2. The second-order valence-electron chi connectivity index (χ2n) is 5.49. The van der Waals surface area contributed by atoms with Crippen LogP contribution in [0.3, 0.4) is 0 Å². The summed E-state index contributed by atoms with van der Waals surface area (Å²) >= 11 is 0. The van der Waals surface area contributed by atoms with Crippen molar-refractivity contribution >= 4 is 11.7 Å². The summed E-state index contributed by atoms with van der Waals surface area (Å²) < 4.78 is 18.3. The molecule has 1 aliphatic carbocycles. The van der Waals surface area contributed by atoms with Crippen LogP contribution < -0.4 is 10.1 Å². The number of ether oxygens (including phenoxy) is 1. The van der Waals surface area contributed by atoms with Gasteiger partial charge in [0.25, 0.3) is 5.91 Å². The summed E-state index contributed by atoms with van der Waals surface area (Å²) in [7, 11) is 0. The Bertz CT molecular complexity index is 706. The van der Waals surface area contributed by atoms with E-state index in [0.29, 0.717) is 22.9 Å². The monoisotopic (exact) mass is 313 g/mol. The van der Waals surface area contributed by atoms with Gasteiger partial charge >= 0.3 is 0 Å². The molecule has 1 N–H and O–H groups in total. The van der Waals surface area contributed by atoms with Crippen molar-refractivity contribution in [1.82, 2.24) is 5.32 Å². The zero-order valence-corrected chi connectivity index (χ0v) is 12.4. The van der Waals surface area contributed by atoms with Gasteiger partial charge in [0.2, 0.25) is 0 Å². The summed E-state index contributed by atoms with van der Waals surface area (Å²) in [5, 5.41) is 2.83. The molecule has 0 unspecified atom stereocenters. The van der Waals surface area contributed by atoms with Gasteiger partial charge in [0, 0.05) is 17.2 Å². The van der Waals surface area contributed by atoms with Crippen LogP contribution in [0.25, 0.3) is 0 Å². The molecule has 3 rings (SSSR count). The van der Waals surface area contributed by atoms with Crippen molar-refractivity contribution in [2.24, 2.45) is 0 Å². The summed E-state index contributed by atoms with van der Waals surface area (Å²) in [6, 6.07) is 12.2. The van der Waals surface area contributed by atoms with E-state index in [9.17, 15) is 14.0 Å². The Morgan fingerprint density at radius 1 is 1.00 bits per heavy atom. The first-order valence-corrected chi connectivity index (χ1v) is 7.44. The van der Waals surface area contributed by atoms with Crippen LogP contribution in [0.15, 0.2) is 48.5 Å². The van der Waals surface area contributed by atoms with Crippen molar-refractivity contribution in [3.05, 3.63) is 65.5 Å². The van der Waals surface area contributed by atoms with E-state index in [1.165, 1.54) is 24.3 Å². The Labute approximate surface area is 133 Å². The number of ketones is 1. The second kappa shape index (κ2) is 6.60. The molecule has 1 saturated carbocycles. The van der Waals surface area contributed by atoms with E-state index in [0.717, 1.165) is 12.8 Å². The van der Waals surface area contributed by atoms with Gasteiger partial charge in [0.15, 0.2) is 12.4 Å². The lowest BCUT2D eigenvalue weighted by atomic mass is 10.0. The third-order valence-corrected chi connectivity index (χ3v) is 3.54. The third-order valence-electron chi connectivity index (χ3n) is 3.54. The van der Waals surface area contributed by atoms with Gasteiger partial charge < -0.3 is 10.1 Å². The maximum atomic E-state index is 12.9. The van der Waals surface area contributed by atoms with E-state index in [1.807, 2.05) is 0 Å². The lowest BCUT2D eigenvalue weighted by Crippen LogP contribution is -2.30. The number of halogens is 1. The number of nitrogens with one attached hydrogen (secondary N) is 1. The third kappa shape index (κ3) is 4.16. The van der Waals surface area contributed by atoms with Crippen LogP contribution in [0.4, 0.5) is 4.39 Å². The van der Waals surface area contributed by atoms with Crippen LogP contribution in [-0.4, -0.2) is 24.3 Å². The number of carbonyl (C=O) groups excluding carboxylic acids is 2. The molecule has 4 nitrogen and oxygen atoms in total. The smallest absolute Gasteiger partial charge is 0.258 e. The lowest BCUT2D eigenvalue weighted by Gasteiger charge is -2.07. The van der Waals surface area contributed by atoms with E-state index in [-0.39, 0.29) is 24.1 Å². The first-order chi connectivity index (χ1) is 11.1. The van der Waals surface area contributed by atoms with Crippen LogP contribution in [0.1, 0.15) is 28.8 Å². The van der Waals surface area contributed by atoms with Crippen molar-refractivity contribution in [3.8, 4) is 5.75 Å². The zero-order chi connectivity index (χ0) is 16.2. The molecule has 0 bridgehead atoms. The van der Waals surface area contributed by atoms with Crippen LogP contribution in [-0.2, 0) is 4.79 Å². The molecular weight excluding hydrogens is 297 g/mol. The summed E-state index contributed by atoms with van der Waals surface area (Å²) in [5.74, 6) is -0.191. The molecule has 118 valence electrons. The molecular formula is C18H16FNO3. The average Bonchev–Trinajstić information content (AvgIpc) is 3.37. The highest BCUT2D eigenvalue weighted by Gasteiger charge is 2.23. The fourth-order valence-electron chi connectivity index (χ4n) is 2.12. The molecule has 0 heterocycles. The molecule has 1 fully saturated rings. The first-order valence-electron chi connectivity index (χ1n) is 7.44. The Kier molecular flexibility index (Phi) is 4.37. The summed E-state index contributed by atoms with van der Waals surface area (Å²) in [6.45, 7) is -0.0399. The van der Waals surface area contributed by atoms with Crippen LogP contribution in [0.2, 0.25) is 0 Å². The number of carbonyl (C=O) groups is 2. The number of hydrogen-bond donors (Lipinski definition) is 1. The highest BCUT2D eigenvalue weighted by molar-refractivity contribution is 6.09. The molecule has 0 saturated heterocycles. The van der Waals surface area contributed by atoms with E-state index < -0.39 is 0 Å². The predicted octanol–water partition coefficient (Wildman–Crippen LogP) is 2.71. The Balaban J connectivity index is 1.58. The van der Waals surface area contributed by atoms with Gasteiger partial charge in [-0.15, -0.1) is 0 Å². The molecule has 0 aromatic heterocycles. The topological polar surface area (TPSA) is 55.4 Å². The molecule has 1 aliphatic rings. The van der Waals surface area contributed by atoms with Crippen molar-refractivity contribution < 1.29 is 18.7 Å². The molecule has 2 aromatic carbocycles. The highest BCUT2D eigenvalue weighted by Crippen LogP contribution is 2.19. The Morgan fingerprint density at radius 2 is 1.57 bits per heavy atom. The first kappa shape index (κ1) is 15.2.